The number of aliphatic hydroxyl groups excluding tert-OH is 1. The second-order valence-electron chi connectivity index (χ2n) is 6.14. The summed E-state index contributed by atoms with van der Waals surface area (Å²) in [5, 5.41) is 16.4. The summed E-state index contributed by atoms with van der Waals surface area (Å²) in [7, 11) is 1.77. The van der Waals surface area contributed by atoms with Crippen LogP contribution < -0.4 is 10.6 Å². The SMILES string of the molecule is CCC(CNC(=NC)NCC(CO)c1ccccc1)c1ccccc1. The van der Waals surface area contributed by atoms with Gasteiger partial charge < -0.3 is 15.7 Å². The van der Waals surface area contributed by atoms with E-state index in [0.717, 1.165) is 24.5 Å². The molecule has 0 bridgehead atoms. The van der Waals surface area contributed by atoms with Gasteiger partial charge in [-0.15, -0.1) is 0 Å². The molecule has 3 N–H and O–H groups in total. The highest BCUT2D eigenvalue weighted by atomic mass is 16.3. The summed E-state index contributed by atoms with van der Waals surface area (Å²) in [5.74, 6) is 1.27. The molecule has 2 unspecified atom stereocenters. The Hall–Kier alpha value is -2.33. The number of rotatable bonds is 8. The first-order valence-corrected chi connectivity index (χ1v) is 8.93. The molecule has 0 saturated carbocycles. The van der Waals surface area contributed by atoms with Gasteiger partial charge in [0, 0.05) is 32.0 Å². The van der Waals surface area contributed by atoms with Crippen LogP contribution in [0.25, 0.3) is 0 Å². The van der Waals surface area contributed by atoms with Gasteiger partial charge in [0.05, 0.1) is 6.61 Å². The van der Waals surface area contributed by atoms with Crippen molar-refractivity contribution < 1.29 is 5.11 Å². The van der Waals surface area contributed by atoms with E-state index >= 15 is 0 Å². The van der Waals surface area contributed by atoms with Crippen LogP contribution in [0.5, 0.6) is 0 Å². The van der Waals surface area contributed by atoms with Gasteiger partial charge in [0.15, 0.2) is 5.96 Å². The van der Waals surface area contributed by atoms with Gasteiger partial charge in [-0.1, -0.05) is 67.6 Å². The molecule has 0 amide bonds. The van der Waals surface area contributed by atoms with E-state index in [9.17, 15) is 5.11 Å². The fraction of sp³-hybridized carbons (Fsp3) is 0.381. The molecule has 0 aliphatic heterocycles. The van der Waals surface area contributed by atoms with Crippen LogP contribution >= 0.6 is 0 Å². The highest BCUT2D eigenvalue weighted by molar-refractivity contribution is 5.79. The predicted octanol–water partition coefficient (Wildman–Crippen LogP) is 3.12. The second-order valence-corrected chi connectivity index (χ2v) is 6.14. The molecule has 0 spiro atoms. The summed E-state index contributed by atoms with van der Waals surface area (Å²) < 4.78 is 0. The van der Waals surface area contributed by atoms with Gasteiger partial charge in [0.1, 0.15) is 0 Å². The highest BCUT2D eigenvalue weighted by Gasteiger charge is 2.12. The normalized spacial score (nSPS) is 14.0. The summed E-state index contributed by atoms with van der Waals surface area (Å²) in [6, 6.07) is 20.6. The molecule has 4 heteroatoms. The largest absolute Gasteiger partial charge is 0.396 e. The van der Waals surface area contributed by atoms with E-state index in [4.69, 9.17) is 0 Å². The molecule has 2 atom stereocenters. The van der Waals surface area contributed by atoms with Crippen LogP contribution in [0.3, 0.4) is 0 Å². The first-order valence-electron chi connectivity index (χ1n) is 8.93. The van der Waals surface area contributed by atoms with E-state index in [1.54, 1.807) is 7.05 Å². The summed E-state index contributed by atoms with van der Waals surface area (Å²) in [6.45, 7) is 3.78. The molecular formula is C21H29N3O. The van der Waals surface area contributed by atoms with Crippen molar-refractivity contribution in [1.29, 1.82) is 0 Å². The Morgan fingerprint density at radius 2 is 1.36 bits per heavy atom. The standard InChI is InChI=1S/C21H29N3O/c1-3-17(18-10-6-4-7-11-18)14-23-21(22-2)24-15-20(16-25)19-12-8-5-9-13-19/h4-13,17,20,25H,3,14-16H2,1-2H3,(H2,22,23,24). The maximum absolute atomic E-state index is 9.67. The van der Waals surface area contributed by atoms with Crippen LogP contribution in [0.2, 0.25) is 0 Å². The molecule has 25 heavy (non-hydrogen) atoms. The van der Waals surface area contributed by atoms with E-state index in [-0.39, 0.29) is 12.5 Å². The molecule has 0 saturated heterocycles. The van der Waals surface area contributed by atoms with Gasteiger partial charge in [-0.3, -0.25) is 4.99 Å². The van der Waals surface area contributed by atoms with Crippen molar-refractivity contribution in [3.63, 3.8) is 0 Å². The van der Waals surface area contributed by atoms with Crippen molar-refractivity contribution in [1.82, 2.24) is 10.6 Å². The maximum atomic E-state index is 9.67. The van der Waals surface area contributed by atoms with Crippen molar-refractivity contribution in [2.45, 2.75) is 25.2 Å². The Kier molecular flexibility index (Phi) is 7.99. The number of hydrogen-bond acceptors (Lipinski definition) is 2. The van der Waals surface area contributed by atoms with E-state index in [1.807, 2.05) is 36.4 Å². The molecule has 0 radical (unpaired) electrons. The monoisotopic (exact) mass is 339 g/mol. The van der Waals surface area contributed by atoms with Crippen molar-refractivity contribution in [2.75, 3.05) is 26.7 Å². The maximum Gasteiger partial charge on any atom is 0.191 e. The van der Waals surface area contributed by atoms with Gasteiger partial charge in [0.2, 0.25) is 0 Å². The summed E-state index contributed by atoms with van der Waals surface area (Å²) >= 11 is 0. The van der Waals surface area contributed by atoms with Gasteiger partial charge in [-0.05, 0) is 17.5 Å². The average molecular weight is 339 g/mol. The van der Waals surface area contributed by atoms with Gasteiger partial charge in [0.25, 0.3) is 0 Å². The Morgan fingerprint density at radius 3 is 1.80 bits per heavy atom. The lowest BCUT2D eigenvalue weighted by molar-refractivity contribution is 0.265. The molecule has 2 rings (SSSR count). The summed E-state index contributed by atoms with van der Waals surface area (Å²) in [6.07, 6.45) is 1.07. The van der Waals surface area contributed by atoms with Gasteiger partial charge in [-0.2, -0.15) is 0 Å². The molecule has 4 nitrogen and oxygen atoms in total. The molecular weight excluding hydrogens is 310 g/mol. The van der Waals surface area contributed by atoms with Crippen LogP contribution in [-0.2, 0) is 0 Å². The number of nitrogens with zero attached hydrogens (tertiary/aromatic N) is 1. The third kappa shape index (κ3) is 5.91. The Morgan fingerprint density at radius 1 is 0.880 bits per heavy atom. The minimum Gasteiger partial charge on any atom is -0.396 e. The fourth-order valence-electron chi connectivity index (χ4n) is 2.90. The van der Waals surface area contributed by atoms with Crippen LogP contribution in [0.15, 0.2) is 65.7 Å². The number of guanidine groups is 1. The van der Waals surface area contributed by atoms with Crippen molar-refractivity contribution in [3.8, 4) is 0 Å². The molecule has 0 aliphatic rings. The molecule has 2 aromatic rings. The number of nitrogens with one attached hydrogen (secondary N) is 2. The third-order valence-corrected chi connectivity index (χ3v) is 4.51. The number of aliphatic hydroxyl groups is 1. The minimum absolute atomic E-state index is 0.0517. The highest BCUT2D eigenvalue weighted by Crippen LogP contribution is 2.18. The van der Waals surface area contributed by atoms with Crippen molar-refractivity contribution in [2.24, 2.45) is 4.99 Å². The summed E-state index contributed by atoms with van der Waals surface area (Å²) in [4.78, 5) is 4.30. The molecule has 2 aromatic carbocycles. The van der Waals surface area contributed by atoms with Gasteiger partial charge in [-0.25, -0.2) is 0 Å². The number of aliphatic imine (C=N–C) groups is 1. The predicted molar refractivity (Wildman–Crippen MR) is 105 cm³/mol. The molecule has 0 aromatic heterocycles. The van der Waals surface area contributed by atoms with Crippen molar-refractivity contribution >= 4 is 5.96 Å². The summed E-state index contributed by atoms with van der Waals surface area (Å²) in [5.41, 5.74) is 2.47. The third-order valence-electron chi connectivity index (χ3n) is 4.51. The number of hydrogen-bond donors (Lipinski definition) is 3. The van der Waals surface area contributed by atoms with E-state index in [1.165, 1.54) is 5.56 Å². The van der Waals surface area contributed by atoms with Crippen LogP contribution in [0, 0.1) is 0 Å². The zero-order chi connectivity index (χ0) is 17.9. The topological polar surface area (TPSA) is 56.7 Å². The minimum atomic E-state index is 0.0517. The lowest BCUT2D eigenvalue weighted by Crippen LogP contribution is -2.41. The molecule has 0 aliphatic carbocycles. The van der Waals surface area contributed by atoms with E-state index < -0.39 is 0 Å². The smallest absolute Gasteiger partial charge is 0.191 e. The van der Waals surface area contributed by atoms with E-state index in [0.29, 0.717) is 12.5 Å². The zero-order valence-corrected chi connectivity index (χ0v) is 15.2. The quantitative estimate of drug-likeness (QED) is 0.512. The first kappa shape index (κ1) is 19.0. The Balaban J connectivity index is 1.88. The zero-order valence-electron chi connectivity index (χ0n) is 15.2. The lowest BCUT2D eigenvalue weighted by atomic mass is 9.96. The Bertz CT molecular complexity index is 575. The van der Waals surface area contributed by atoms with Crippen LogP contribution in [0.4, 0.5) is 0 Å². The first-order chi connectivity index (χ1) is 12.3. The molecule has 134 valence electrons. The van der Waals surface area contributed by atoms with E-state index in [2.05, 4.69) is 46.8 Å². The fourth-order valence-corrected chi connectivity index (χ4v) is 2.90. The second kappa shape index (κ2) is 10.5. The molecule has 0 heterocycles. The van der Waals surface area contributed by atoms with Crippen molar-refractivity contribution in [3.05, 3.63) is 71.8 Å². The number of benzene rings is 2. The van der Waals surface area contributed by atoms with Crippen LogP contribution in [0.1, 0.15) is 36.3 Å². The molecule has 0 fully saturated rings. The van der Waals surface area contributed by atoms with Gasteiger partial charge >= 0.3 is 0 Å². The Labute approximate surface area is 151 Å². The van der Waals surface area contributed by atoms with Crippen LogP contribution in [-0.4, -0.2) is 37.8 Å². The average Bonchev–Trinajstić information content (AvgIpc) is 2.69. The lowest BCUT2D eigenvalue weighted by Gasteiger charge is -2.21.